The van der Waals surface area contributed by atoms with Gasteiger partial charge >= 0.3 is 0 Å². The van der Waals surface area contributed by atoms with Crippen LogP contribution in [0, 0.1) is 0 Å². The Kier molecular flexibility index (Phi) is 5.68. The van der Waals surface area contributed by atoms with Gasteiger partial charge in [-0.3, -0.25) is 0 Å². The molecule has 1 aromatic rings. The normalized spacial score (nSPS) is 12.5. The van der Waals surface area contributed by atoms with Crippen molar-refractivity contribution in [3.8, 4) is 5.75 Å². The Hall–Kier alpha value is -0.580. The molecule has 1 unspecified atom stereocenters. The lowest BCUT2D eigenvalue weighted by Crippen LogP contribution is -2.13. The van der Waals surface area contributed by atoms with Crippen LogP contribution in [0.5, 0.6) is 5.75 Å². The van der Waals surface area contributed by atoms with Crippen LogP contribution in [-0.2, 0) is 4.74 Å². The van der Waals surface area contributed by atoms with Gasteiger partial charge in [0.15, 0.2) is 0 Å². The molecule has 0 spiro atoms. The third-order valence-electron chi connectivity index (χ3n) is 2.04. The first-order valence-corrected chi connectivity index (χ1v) is 5.95. The number of alkyl halides is 1. The van der Waals surface area contributed by atoms with Gasteiger partial charge in [-0.2, -0.15) is 0 Å². The summed E-state index contributed by atoms with van der Waals surface area (Å²) in [5, 5.41) is 0.750. The molecule has 0 heterocycles. The molecule has 3 nitrogen and oxygen atoms in total. The molecule has 0 aliphatic heterocycles. The molecule has 1 rings (SSSR count). The summed E-state index contributed by atoms with van der Waals surface area (Å²) in [6, 6.07) is 7.86. The zero-order chi connectivity index (χ0) is 11.1. The van der Waals surface area contributed by atoms with Crippen molar-refractivity contribution in [2.45, 2.75) is 6.10 Å². The van der Waals surface area contributed by atoms with E-state index in [9.17, 15) is 0 Å². The maximum Gasteiger partial charge on any atom is 0.119 e. The average Bonchev–Trinajstić information content (AvgIpc) is 2.30. The third kappa shape index (κ3) is 3.81. The van der Waals surface area contributed by atoms with Crippen molar-refractivity contribution < 1.29 is 9.47 Å². The van der Waals surface area contributed by atoms with Gasteiger partial charge in [-0.05, 0) is 17.7 Å². The Bertz CT molecular complexity index is 294. The number of hydrogen-bond donors (Lipinski definition) is 1. The zero-order valence-corrected chi connectivity index (χ0v) is 10.4. The first kappa shape index (κ1) is 12.5. The van der Waals surface area contributed by atoms with Gasteiger partial charge in [0.1, 0.15) is 5.75 Å². The number of hydrogen-bond acceptors (Lipinski definition) is 3. The maximum atomic E-state index is 5.60. The molecule has 1 aromatic carbocycles. The largest absolute Gasteiger partial charge is 0.497 e. The fraction of sp³-hybridized carbons (Fsp3) is 0.455. The summed E-state index contributed by atoms with van der Waals surface area (Å²) in [4.78, 5) is 0. The number of halogens is 1. The highest BCUT2D eigenvalue weighted by molar-refractivity contribution is 9.09. The number of benzene rings is 1. The lowest BCUT2D eigenvalue weighted by atomic mass is 10.1. The summed E-state index contributed by atoms with van der Waals surface area (Å²) in [6.45, 7) is 1.10. The molecular weight excluding hydrogens is 258 g/mol. The van der Waals surface area contributed by atoms with E-state index in [0.717, 1.165) is 16.6 Å². The molecule has 0 saturated heterocycles. The third-order valence-corrected chi connectivity index (χ3v) is 2.63. The van der Waals surface area contributed by atoms with Crippen LogP contribution in [0.3, 0.4) is 0 Å². The molecule has 0 radical (unpaired) electrons. The molecule has 4 heteroatoms. The van der Waals surface area contributed by atoms with Crippen LogP contribution in [0.25, 0.3) is 0 Å². The molecule has 0 fully saturated rings. The van der Waals surface area contributed by atoms with Gasteiger partial charge in [-0.1, -0.05) is 28.1 Å². The first-order valence-electron chi connectivity index (χ1n) is 4.83. The highest BCUT2D eigenvalue weighted by Gasteiger charge is 2.10. The van der Waals surface area contributed by atoms with Crippen molar-refractivity contribution >= 4 is 15.9 Å². The molecule has 0 aliphatic carbocycles. The molecule has 2 N–H and O–H groups in total. The van der Waals surface area contributed by atoms with E-state index < -0.39 is 0 Å². The van der Waals surface area contributed by atoms with Crippen molar-refractivity contribution in [1.29, 1.82) is 0 Å². The van der Waals surface area contributed by atoms with E-state index >= 15 is 0 Å². The van der Waals surface area contributed by atoms with E-state index in [2.05, 4.69) is 15.9 Å². The van der Waals surface area contributed by atoms with E-state index in [0.29, 0.717) is 13.2 Å². The number of rotatable bonds is 6. The van der Waals surface area contributed by atoms with Gasteiger partial charge in [-0.15, -0.1) is 0 Å². The molecule has 0 aromatic heterocycles. The van der Waals surface area contributed by atoms with Crippen LogP contribution in [0.4, 0.5) is 0 Å². The first-order chi connectivity index (χ1) is 7.31. The topological polar surface area (TPSA) is 44.5 Å². The minimum Gasteiger partial charge on any atom is -0.497 e. The predicted molar refractivity (Wildman–Crippen MR) is 64.5 cm³/mol. The van der Waals surface area contributed by atoms with Crippen molar-refractivity contribution in [2.24, 2.45) is 5.73 Å². The van der Waals surface area contributed by atoms with Crippen LogP contribution in [0.2, 0.25) is 0 Å². The molecule has 0 amide bonds. The standard InChI is InChI=1S/C11H16BrNO2/c1-14-10-4-2-3-9(7-10)11(8-12)15-6-5-13/h2-4,7,11H,5-6,8,13H2,1H3. The molecule has 0 aliphatic rings. The van der Waals surface area contributed by atoms with Gasteiger partial charge in [0, 0.05) is 11.9 Å². The fourth-order valence-electron chi connectivity index (χ4n) is 1.28. The van der Waals surface area contributed by atoms with Crippen LogP contribution in [0.1, 0.15) is 11.7 Å². The Morgan fingerprint density at radius 1 is 1.47 bits per heavy atom. The summed E-state index contributed by atoms with van der Waals surface area (Å²) >= 11 is 3.42. The zero-order valence-electron chi connectivity index (χ0n) is 8.78. The second-order valence-corrected chi connectivity index (χ2v) is 3.73. The SMILES string of the molecule is COc1cccc(C(CBr)OCCN)c1. The molecule has 1 atom stereocenters. The van der Waals surface area contributed by atoms with Crippen molar-refractivity contribution in [3.63, 3.8) is 0 Å². The summed E-state index contributed by atoms with van der Waals surface area (Å²) in [5.41, 5.74) is 6.50. The van der Waals surface area contributed by atoms with Gasteiger partial charge in [0.25, 0.3) is 0 Å². The number of nitrogens with two attached hydrogens (primary N) is 1. The molecule has 84 valence electrons. The minimum absolute atomic E-state index is 0.0312. The Labute approximate surface area is 98.7 Å². The van der Waals surface area contributed by atoms with Gasteiger partial charge < -0.3 is 15.2 Å². The summed E-state index contributed by atoms with van der Waals surface area (Å²) in [5.74, 6) is 0.842. The van der Waals surface area contributed by atoms with Gasteiger partial charge in [0.2, 0.25) is 0 Å². The van der Waals surface area contributed by atoms with Crippen LogP contribution in [0.15, 0.2) is 24.3 Å². The van der Waals surface area contributed by atoms with Gasteiger partial charge in [0.05, 0.1) is 19.8 Å². The highest BCUT2D eigenvalue weighted by atomic mass is 79.9. The smallest absolute Gasteiger partial charge is 0.119 e. The quantitative estimate of drug-likeness (QED) is 0.808. The van der Waals surface area contributed by atoms with E-state index in [-0.39, 0.29) is 6.10 Å². The second-order valence-electron chi connectivity index (χ2n) is 3.08. The predicted octanol–water partition coefficient (Wildman–Crippen LogP) is 2.11. The van der Waals surface area contributed by atoms with Crippen molar-refractivity contribution in [3.05, 3.63) is 29.8 Å². The molecule has 15 heavy (non-hydrogen) atoms. The molecule has 0 bridgehead atoms. The van der Waals surface area contributed by atoms with Crippen LogP contribution < -0.4 is 10.5 Å². The Morgan fingerprint density at radius 3 is 2.87 bits per heavy atom. The summed E-state index contributed by atoms with van der Waals surface area (Å²) in [6.07, 6.45) is 0.0312. The van der Waals surface area contributed by atoms with Crippen LogP contribution >= 0.6 is 15.9 Å². The van der Waals surface area contributed by atoms with E-state index in [1.54, 1.807) is 7.11 Å². The van der Waals surface area contributed by atoms with Gasteiger partial charge in [-0.25, -0.2) is 0 Å². The Balaban J connectivity index is 2.72. The molecule has 0 saturated carbocycles. The van der Waals surface area contributed by atoms with E-state index in [1.165, 1.54) is 0 Å². The monoisotopic (exact) mass is 273 g/mol. The number of ether oxygens (including phenoxy) is 2. The average molecular weight is 274 g/mol. The maximum absolute atomic E-state index is 5.60. The number of methoxy groups -OCH3 is 1. The minimum atomic E-state index is 0.0312. The molecular formula is C11H16BrNO2. The van der Waals surface area contributed by atoms with E-state index in [1.807, 2.05) is 24.3 Å². The lowest BCUT2D eigenvalue weighted by Gasteiger charge is -2.15. The van der Waals surface area contributed by atoms with Crippen molar-refractivity contribution in [1.82, 2.24) is 0 Å². The van der Waals surface area contributed by atoms with Crippen LogP contribution in [-0.4, -0.2) is 25.6 Å². The van der Waals surface area contributed by atoms with E-state index in [4.69, 9.17) is 15.2 Å². The summed E-state index contributed by atoms with van der Waals surface area (Å²) in [7, 11) is 1.66. The lowest BCUT2D eigenvalue weighted by molar-refractivity contribution is 0.0758. The highest BCUT2D eigenvalue weighted by Crippen LogP contribution is 2.23. The Morgan fingerprint density at radius 2 is 2.27 bits per heavy atom. The van der Waals surface area contributed by atoms with Crippen molar-refractivity contribution in [2.75, 3.05) is 25.6 Å². The summed E-state index contributed by atoms with van der Waals surface area (Å²) < 4.78 is 10.8. The fourth-order valence-corrected chi connectivity index (χ4v) is 1.84. The second kappa shape index (κ2) is 6.82.